The summed E-state index contributed by atoms with van der Waals surface area (Å²) in [6, 6.07) is 0. The molecule has 7 heavy (non-hydrogen) atoms. The molecule has 0 spiro atoms. The Bertz CT molecular complexity index is 198. The lowest BCUT2D eigenvalue weighted by molar-refractivity contribution is 0.386. The fourth-order valence-corrected chi connectivity index (χ4v) is 0.330. The zero-order valence-electron chi connectivity index (χ0n) is 3.18. The molecule has 1 heterocycles. The highest BCUT2D eigenvalue weighted by Gasteiger charge is 1.91. The fourth-order valence-electron chi connectivity index (χ4n) is 0.222. The molecule has 0 saturated heterocycles. The van der Waals surface area contributed by atoms with Crippen molar-refractivity contribution < 1.29 is 8.83 Å². The van der Waals surface area contributed by atoms with E-state index in [2.05, 4.69) is 8.83 Å². The second kappa shape index (κ2) is 1.42. The molecule has 0 bridgehead atoms. The van der Waals surface area contributed by atoms with Crippen LogP contribution in [0.4, 0.5) is 0 Å². The molecule has 0 N–H and O–H groups in total. The first-order valence-corrected chi connectivity index (χ1v) is 1.91. The summed E-state index contributed by atoms with van der Waals surface area (Å²) in [7, 11) is 0. The molecule has 0 unspecified atom stereocenters. The highest BCUT2D eigenvalue weighted by Crippen LogP contribution is 2.00. The minimum absolute atomic E-state index is 0.0231. The number of rotatable bonds is 0. The summed E-state index contributed by atoms with van der Waals surface area (Å²) in [5.41, 5.74) is 0. The van der Waals surface area contributed by atoms with E-state index in [4.69, 9.17) is 11.6 Å². The lowest BCUT2D eigenvalue weighted by Crippen LogP contribution is -1.83. The summed E-state index contributed by atoms with van der Waals surface area (Å²) in [5.74, 6) is -0.773. The van der Waals surface area contributed by atoms with Crippen LogP contribution in [0.1, 0.15) is 0 Å². The number of hydrogen-bond acceptors (Lipinski definition) is 3. The molecule has 0 radical (unpaired) electrons. The summed E-state index contributed by atoms with van der Waals surface area (Å²) < 4.78 is 8.24. The molecule has 0 atom stereocenters. The third kappa shape index (κ3) is 0.838. The van der Waals surface area contributed by atoms with E-state index in [1.54, 1.807) is 0 Å². The number of halogens is 1. The van der Waals surface area contributed by atoms with Crippen molar-refractivity contribution in [1.29, 1.82) is 0 Å². The van der Waals surface area contributed by atoms with Gasteiger partial charge in [-0.05, 0) is 11.6 Å². The van der Waals surface area contributed by atoms with Gasteiger partial charge in [-0.25, -0.2) is 4.79 Å². The average Bonchev–Trinajstić information content (AvgIpc) is 1.87. The Morgan fingerprint density at radius 2 is 2.43 bits per heavy atom. The van der Waals surface area contributed by atoms with Crippen molar-refractivity contribution in [3.63, 3.8) is 0 Å². The maximum absolute atomic E-state index is 9.87. The van der Waals surface area contributed by atoms with Gasteiger partial charge in [0.25, 0.3) is 0 Å². The Morgan fingerprint density at radius 1 is 1.71 bits per heavy atom. The standard InChI is InChI=1S/C3HClO3/c4-2-1-6-3(5)7-2/h1H. The van der Waals surface area contributed by atoms with E-state index in [-0.39, 0.29) is 5.22 Å². The molecule has 0 amide bonds. The van der Waals surface area contributed by atoms with Gasteiger partial charge in [0, 0.05) is 0 Å². The van der Waals surface area contributed by atoms with E-state index in [0.29, 0.717) is 0 Å². The highest BCUT2D eigenvalue weighted by molar-refractivity contribution is 6.28. The van der Waals surface area contributed by atoms with Crippen molar-refractivity contribution in [2.45, 2.75) is 0 Å². The quantitative estimate of drug-likeness (QED) is 0.511. The van der Waals surface area contributed by atoms with E-state index in [1.165, 1.54) is 0 Å². The van der Waals surface area contributed by atoms with Gasteiger partial charge >= 0.3 is 5.82 Å². The van der Waals surface area contributed by atoms with Crippen molar-refractivity contribution in [2.24, 2.45) is 0 Å². The minimum atomic E-state index is -0.773. The monoisotopic (exact) mass is 120 g/mol. The van der Waals surface area contributed by atoms with Crippen LogP contribution < -0.4 is 5.82 Å². The first-order valence-electron chi connectivity index (χ1n) is 1.53. The van der Waals surface area contributed by atoms with Gasteiger partial charge in [-0.1, -0.05) is 0 Å². The molecule has 38 valence electrons. The predicted molar refractivity (Wildman–Crippen MR) is 22.3 cm³/mol. The Hall–Kier alpha value is -0.700. The van der Waals surface area contributed by atoms with Gasteiger partial charge in [-0.2, -0.15) is 0 Å². The Morgan fingerprint density at radius 3 is 2.57 bits per heavy atom. The molecular weight excluding hydrogens is 119 g/mol. The zero-order valence-corrected chi connectivity index (χ0v) is 3.94. The van der Waals surface area contributed by atoms with Gasteiger partial charge in [0.2, 0.25) is 5.22 Å². The summed E-state index contributed by atoms with van der Waals surface area (Å²) in [6.07, 6.45) is 1.03. The Labute approximate surface area is 43.5 Å². The lowest BCUT2D eigenvalue weighted by Gasteiger charge is -1.59. The summed E-state index contributed by atoms with van der Waals surface area (Å²) in [6.45, 7) is 0. The molecule has 4 heteroatoms. The molecule has 1 aromatic rings. The molecule has 0 aliphatic rings. The van der Waals surface area contributed by atoms with E-state index in [9.17, 15) is 4.79 Å². The van der Waals surface area contributed by atoms with E-state index in [0.717, 1.165) is 6.26 Å². The summed E-state index contributed by atoms with van der Waals surface area (Å²) >= 11 is 5.10. The Balaban J connectivity index is 3.30. The first kappa shape index (κ1) is 4.46. The Kier molecular flexibility index (Phi) is 0.906. The zero-order chi connectivity index (χ0) is 5.28. The third-order valence-corrected chi connectivity index (χ3v) is 0.595. The predicted octanol–water partition coefficient (Wildman–Crippen LogP) is 0.886. The van der Waals surface area contributed by atoms with Gasteiger partial charge in [0.05, 0.1) is 0 Å². The highest BCUT2D eigenvalue weighted by atomic mass is 35.5. The van der Waals surface area contributed by atoms with Crippen LogP contribution in [-0.2, 0) is 0 Å². The molecule has 0 saturated carbocycles. The molecule has 0 fully saturated rings. The third-order valence-electron chi connectivity index (χ3n) is 0.429. The summed E-state index contributed by atoms with van der Waals surface area (Å²) in [4.78, 5) is 9.87. The van der Waals surface area contributed by atoms with Gasteiger partial charge in [-0.3, -0.25) is 0 Å². The topological polar surface area (TPSA) is 43.4 Å². The molecule has 0 aliphatic heterocycles. The van der Waals surface area contributed by atoms with Gasteiger partial charge < -0.3 is 8.83 Å². The van der Waals surface area contributed by atoms with Crippen LogP contribution in [0.15, 0.2) is 19.9 Å². The van der Waals surface area contributed by atoms with Crippen LogP contribution in [0.25, 0.3) is 0 Å². The van der Waals surface area contributed by atoms with Crippen LogP contribution in [0, 0.1) is 0 Å². The summed E-state index contributed by atoms with van der Waals surface area (Å²) in [5, 5.41) is -0.0231. The van der Waals surface area contributed by atoms with Gasteiger partial charge in [0.15, 0.2) is 6.26 Å². The SMILES string of the molecule is O=c1occ(Cl)o1. The van der Waals surface area contributed by atoms with E-state index in [1.807, 2.05) is 0 Å². The normalized spacial score (nSPS) is 9.29. The van der Waals surface area contributed by atoms with Crippen LogP contribution in [0.3, 0.4) is 0 Å². The van der Waals surface area contributed by atoms with Crippen molar-refractivity contribution in [3.05, 3.63) is 22.1 Å². The van der Waals surface area contributed by atoms with Crippen molar-refractivity contribution in [3.8, 4) is 0 Å². The first-order chi connectivity index (χ1) is 3.29. The van der Waals surface area contributed by atoms with Crippen LogP contribution in [-0.4, -0.2) is 0 Å². The van der Waals surface area contributed by atoms with E-state index >= 15 is 0 Å². The van der Waals surface area contributed by atoms with Gasteiger partial charge in [0.1, 0.15) is 0 Å². The van der Waals surface area contributed by atoms with Crippen LogP contribution in [0.2, 0.25) is 5.22 Å². The molecule has 3 nitrogen and oxygen atoms in total. The largest absolute Gasteiger partial charge is 0.519 e. The average molecular weight is 120 g/mol. The van der Waals surface area contributed by atoms with Crippen molar-refractivity contribution in [2.75, 3.05) is 0 Å². The molecular formula is C3HClO3. The van der Waals surface area contributed by atoms with Crippen LogP contribution >= 0.6 is 11.6 Å². The van der Waals surface area contributed by atoms with E-state index < -0.39 is 5.82 Å². The second-order valence-corrected chi connectivity index (χ2v) is 1.26. The van der Waals surface area contributed by atoms with Crippen molar-refractivity contribution >= 4 is 11.6 Å². The molecule has 0 aromatic carbocycles. The smallest absolute Gasteiger partial charge is 0.398 e. The van der Waals surface area contributed by atoms with Gasteiger partial charge in [-0.15, -0.1) is 0 Å². The van der Waals surface area contributed by atoms with Crippen LogP contribution in [0.5, 0.6) is 0 Å². The molecule has 0 aliphatic carbocycles. The molecule has 1 aromatic heterocycles. The minimum Gasteiger partial charge on any atom is -0.398 e. The second-order valence-electron chi connectivity index (χ2n) is 0.892. The molecule has 1 rings (SSSR count). The lowest BCUT2D eigenvalue weighted by atomic mass is 11.0. The van der Waals surface area contributed by atoms with Crippen molar-refractivity contribution in [1.82, 2.24) is 0 Å². The maximum Gasteiger partial charge on any atom is 0.519 e. The number of hydrogen-bond donors (Lipinski definition) is 0. The maximum atomic E-state index is 9.87. The fraction of sp³-hybridized carbons (Fsp3) is 0.